The Kier molecular flexibility index (Phi) is 8.79. The van der Waals surface area contributed by atoms with Crippen LogP contribution in [-0.4, -0.2) is 57.8 Å². The van der Waals surface area contributed by atoms with E-state index in [4.69, 9.17) is 26.6 Å². The van der Waals surface area contributed by atoms with Crippen molar-refractivity contribution in [2.24, 2.45) is 17.3 Å². The molecule has 0 spiro atoms. The Hall–Kier alpha value is 0.194. The van der Waals surface area contributed by atoms with Crippen molar-refractivity contribution in [3.8, 4) is 0 Å². The van der Waals surface area contributed by atoms with E-state index >= 15 is 0 Å². The molecule has 0 aromatic rings. The Labute approximate surface area is 150 Å². The van der Waals surface area contributed by atoms with Gasteiger partial charge < -0.3 is 26.6 Å². The predicted molar refractivity (Wildman–Crippen MR) is 99.5 cm³/mol. The highest BCUT2D eigenvalue weighted by molar-refractivity contribution is 7.26. The van der Waals surface area contributed by atoms with Gasteiger partial charge in [-0.25, -0.2) is 0 Å². The third kappa shape index (κ3) is 3.80. The molecule has 0 heterocycles. The highest BCUT2D eigenvalue weighted by Crippen LogP contribution is 2.48. The molecule has 0 bridgehead atoms. The predicted octanol–water partition coefficient (Wildman–Crippen LogP) is 3.29. The van der Waals surface area contributed by atoms with Crippen LogP contribution in [-0.2, 0) is 26.6 Å². The number of hydrogen-bond acceptors (Lipinski definition) is 6. The van der Waals surface area contributed by atoms with Crippen LogP contribution in [0.2, 0.25) is 0 Å². The van der Waals surface area contributed by atoms with Gasteiger partial charge in [-0.3, -0.25) is 0 Å². The summed E-state index contributed by atoms with van der Waals surface area (Å²) in [6.45, 7) is 15.2. The molecule has 0 rings (SSSR count). The summed E-state index contributed by atoms with van der Waals surface area (Å²) in [6.07, 6.45) is 0. The first kappa shape index (κ1) is 24.2. The van der Waals surface area contributed by atoms with Crippen molar-refractivity contribution < 1.29 is 26.6 Å². The summed E-state index contributed by atoms with van der Waals surface area (Å²) < 4.78 is 35.6. The first-order valence-corrected chi connectivity index (χ1v) is 12.8. The third-order valence-corrected chi connectivity index (χ3v) is 14.6. The summed E-state index contributed by atoms with van der Waals surface area (Å²) in [5.41, 5.74) is -0.681. The fraction of sp³-hybridized carbons (Fsp3) is 1.00. The quantitative estimate of drug-likeness (QED) is 0.540. The maximum Gasteiger partial charge on any atom is 0.577 e. The molecule has 0 aromatic heterocycles. The van der Waals surface area contributed by atoms with Gasteiger partial charge in [0, 0.05) is 35.5 Å². The lowest BCUT2D eigenvalue weighted by atomic mass is 9.64. The van der Waals surface area contributed by atoms with Crippen LogP contribution in [0.15, 0.2) is 0 Å². The lowest BCUT2D eigenvalue weighted by molar-refractivity contribution is -0.143. The van der Waals surface area contributed by atoms with E-state index in [0.29, 0.717) is 0 Å². The molecule has 8 heteroatoms. The Bertz CT molecular complexity index is 357. The van der Waals surface area contributed by atoms with Gasteiger partial charge in [-0.05, 0) is 17.3 Å². The van der Waals surface area contributed by atoms with E-state index in [-0.39, 0.29) is 17.3 Å². The minimum Gasteiger partial charge on any atom is -0.375 e. The molecule has 0 atom stereocenters. The molecule has 0 aliphatic heterocycles. The Morgan fingerprint density at radius 3 is 1.04 bits per heavy atom. The molecule has 0 saturated carbocycles. The fourth-order valence-electron chi connectivity index (χ4n) is 4.11. The molecule has 0 fully saturated rings. The van der Waals surface area contributed by atoms with Gasteiger partial charge in [-0.15, -0.1) is 0 Å². The SMILES string of the molecule is CO[Si](OC)(OC)[Si](OC)(OC)OC(C(C)C)(C(C)C)C(C)(C)C. The van der Waals surface area contributed by atoms with Crippen molar-refractivity contribution in [3.63, 3.8) is 0 Å². The maximum atomic E-state index is 6.83. The zero-order valence-corrected chi connectivity index (χ0v) is 19.6. The van der Waals surface area contributed by atoms with Crippen molar-refractivity contribution in [2.75, 3.05) is 35.5 Å². The molecule has 0 aromatic carbocycles. The summed E-state index contributed by atoms with van der Waals surface area (Å²) >= 11 is 0. The second-order valence-corrected chi connectivity index (χ2v) is 15.7. The molecule has 146 valence electrons. The van der Waals surface area contributed by atoms with E-state index < -0.39 is 22.2 Å². The van der Waals surface area contributed by atoms with Gasteiger partial charge in [0.1, 0.15) is 0 Å². The van der Waals surface area contributed by atoms with E-state index in [9.17, 15) is 0 Å². The standard InChI is InChI=1S/C16H38O6Si2/c1-13(2)16(14(3)4,15(5,6)7)22-24(20-11,21-12)23(17-8,18-9)19-10/h13-14H,1-12H3. The second kappa shape index (κ2) is 8.72. The monoisotopic (exact) mass is 382 g/mol. The average Bonchev–Trinajstić information content (AvgIpc) is 2.50. The molecule has 0 aliphatic rings. The summed E-state index contributed by atoms with van der Waals surface area (Å²) in [5.74, 6) is 0.430. The Balaban J connectivity index is 6.46. The van der Waals surface area contributed by atoms with Crippen LogP contribution in [0, 0.1) is 17.3 Å². The molecule has 0 unspecified atom stereocenters. The largest absolute Gasteiger partial charge is 0.577 e. The topological polar surface area (TPSA) is 55.4 Å². The van der Waals surface area contributed by atoms with Crippen LogP contribution in [0.25, 0.3) is 0 Å². The van der Waals surface area contributed by atoms with Crippen molar-refractivity contribution >= 4 is 16.6 Å². The highest BCUT2D eigenvalue weighted by Gasteiger charge is 2.74. The summed E-state index contributed by atoms with van der Waals surface area (Å²) in [4.78, 5) is 0. The van der Waals surface area contributed by atoms with E-state index in [2.05, 4.69) is 48.5 Å². The highest BCUT2D eigenvalue weighted by atomic mass is 29.3. The lowest BCUT2D eigenvalue weighted by Crippen LogP contribution is -2.76. The van der Waals surface area contributed by atoms with E-state index in [0.717, 1.165) is 0 Å². The van der Waals surface area contributed by atoms with Crippen LogP contribution < -0.4 is 0 Å². The minimum absolute atomic E-state index is 0.167. The first-order chi connectivity index (χ1) is 10.9. The smallest absolute Gasteiger partial charge is 0.375 e. The molecule has 0 amide bonds. The number of hydrogen-bond donors (Lipinski definition) is 0. The summed E-state index contributed by atoms with van der Waals surface area (Å²) in [7, 11) is 1.06. The molecule has 0 aliphatic carbocycles. The van der Waals surface area contributed by atoms with Gasteiger partial charge in [0.15, 0.2) is 0 Å². The first-order valence-electron chi connectivity index (χ1n) is 8.36. The van der Waals surface area contributed by atoms with Gasteiger partial charge in [-0.1, -0.05) is 48.5 Å². The van der Waals surface area contributed by atoms with Gasteiger partial charge >= 0.3 is 16.6 Å². The minimum atomic E-state index is -3.42. The van der Waals surface area contributed by atoms with Crippen LogP contribution in [0.3, 0.4) is 0 Å². The zero-order valence-electron chi connectivity index (χ0n) is 17.6. The lowest BCUT2D eigenvalue weighted by Gasteiger charge is -2.54. The van der Waals surface area contributed by atoms with Gasteiger partial charge in [0.25, 0.3) is 0 Å². The molecule has 0 radical (unpaired) electrons. The van der Waals surface area contributed by atoms with Crippen LogP contribution in [0.1, 0.15) is 48.5 Å². The average molecular weight is 383 g/mol. The third-order valence-electron chi connectivity index (χ3n) is 4.91. The van der Waals surface area contributed by atoms with Gasteiger partial charge in [-0.2, -0.15) is 0 Å². The maximum absolute atomic E-state index is 6.83. The van der Waals surface area contributed by atoms with Gasteiger partial charge in [0.2, 0.25) is 0 Å². The van der Waals surface area contributed by atoms with E-state index in [1.54, 1.807) is 35.5 Å². The Morgan fingerprint density at radius 1 is 0.583 bits per heavy atom. The molecule has 0 saturated heterocycles. The molecule has 0 N–H and O–H groups in total. The van der Waals surface area contributed by atoms with Crippen LogP contribution >= 0.6 is 0 Å². The molecular formula is C16H38O6Si2. The van der Waals surface area contributed by atoms with Crippen LogP contribution in [0.4, 0.5) is 0 Å². The summed E-state index contributed by atoms with van der Waals surface area (Å²) in [5, 5.41) is 0. The molecular weight excluding hydrogens is 344 g/mol. The molecule has 24 heavy (non-hydrogen) atoms. The van der Waals surface area contributed by atoms with Crippen molar-refractivity contribution in [1.82, 2.24) is 0 Å². The second-order valence-electron chi connectivity index (χ2n) is 7.59. The number of rotatable bonds is 10. The molecule has 6 nitrogen and oxygen atoms in total. The fourth-order valence-corrected chi connectivity index (χ4v) is 12.2. The van der Waals surface area contributed by atoms with Gasteiger partial charge in [0.05, 0.1) is 5.60 Å². The van der Waals surface area contributed by atoms with Crippen molar-refractivity contribution in [2.45, 2.75) is 54.1 Å². The van der Waals surface area contributed by atoms with E-state index in [1.807, 2.05) is 0 Å². The normalized spacial score (nSPS) is 14.8. The Morgan fingerprint density at radius 2 is 0.875 bits per heavy atom. The zero-order chi connectivity index (χ0) is 19.4. The van der Waals surface area contributed by atoms with Crippen molar-refractivity contribution in [1.29, 1.82) is 0 Å². The van der Waals surface area contributed by atoms with Crippen LogP contribution in [0.5, 0.6) is 0 Å². The van der Waals surface area contributed by atoms with E-state index in [1.165, 1.54) is 0 Å². The summed E-state index contributed by atoms with van der Waals surface area (Å²) in [6, 6.07) is 0. The van der Waals surface area contributed by atoms with Crippen molar-refractivity contribution in [3.05, 3.63) is 0 Å².